The van der Waals surface area contributed by atoms with E-state index >= 15 is 0 Å². The summed E-state index contributed by atoms with van der Waals surface area (Å²) in [6.45, 7) is 0. The molecule has 0 bridgehead atoms. The Balaban J connectivity index is -0.0000000400. The predicted molar refractivity (Wildman–Crippen MR) is 29.2 cm³/mol. The van der Waals surface area contributed by atoms with Crippen LogP contribution in [0.1, 0.15) is 0 Å². The molecule has 0 heterocycles. The summed E-state index contributed by atoms with van der Waals surface area (Å²) in [6.07, 6.45) is 0. The molecule has 0 aliphatic rings. The van der Waals surface area contributed by atoms with Crippen LogP contribution in [0.2, 0.25) is 0 Å². The van der Waals surface area contributed by atoms with E-state index in [1.54, 1.807) is 0 Å². The van der Waals surface area contributed by atoms with Crippen molar-refractivity contribution in [2.75, 3.05) is 0 Å². The maximum atomic E-state index is 7.18. The molecule has 0 saturated carbocycles. The van der Waals surface area contributed by atoms with Crippen LogP contribution >= 0.6 is 25.3 Å². The molecule has 5 heteroatoms. The zero-order valence-corrected chi connectivity index (χ0v) is 7.05. The Kier molecular flexibility index (Phi) is 72.0. The Bertz CT molecular complexity index is 68.7. The van der Waals surface area contributed by atoms with Crippen molar-refractivity contribution < 1.29 is 22.4 Å². The molecule has 0 rings (SSSR count). The van der Waals surface area contributed by atoms with Gasteiger partial charge in [-0.1, -0.05) is 25.3 Å². The van der Waals surface area contributed by atoms with Gasteiger partial charge in [0.2, 0.25) is 0 Å². The molecule has 0 N–H and O–H groups in total. The second-order valence-corrected chi connectivity index (χ2v) is 0.600. The van der Waals surface area contributed by atoms with E-state index in [0.717, 1.165) is 0 Å². The molecule has 0 atom stereocenters. The monoisotopic (exact) mass is 315 g/mol. The van der Waals surface area contributed by atoms with Crippen molar-refractivity contribution in [1.29, 1.82) is 10.5 Å². The molecule has 0 aromatic carbocycles. The molecule has 0 aliphatic carbocycles. The average Bonchev–Trinajstić information content (AvgIpc) is 1.39. The number of nitrogens with zero attached hydrogens (tertiary/aromatic N) is 2. The average molecular weight is 315 g/mol. The summed E-state index contributed by atoms with van der Waals surface area (Å²) in [6, 6.07) is 0. The van der Waals surface area contributed by atoms with Gasteiger partial charge in [0.15, 0.2) is 0 Å². The van der Waals surface area contributed by atoms with E-state index in [4.69, 9.17) is 10.5 Å². The van der Waals surface area contributed by atoms with Gasteiger partial charge in [-0.3, -0.25) is 0 Å². The van der Waals surface area contributed by atoms with Crippen molar-refractivity contribution in [1.82, 2.24) is 0 Å². The van der Waals surface area contributed by atoms with Gasteiger partial charge in [-0.15, -0.1) is 0 Å². The maximum Gasteiger partial charge on any atom is 1.00 e. The zero-order chi connectivity index (χ0) is 5.41. The van der Waals surface area contributed by atoms with Crippen molar-refractivity contribution in [3.8, 4) is 10.8 Å². The molecule has 0 saturated heterocycles. The molecule has 0 unspecified atom stereocenters. The second kappa shape index (κ2) is 32.2. The molecule has 0 aromatic rings. The number of rotatable bonds is 0. The summed E-state index contributed by atoms with van der Waals surface area (Å²) in [4.78, 5) is 0. The normalized spacial score (nSPS) is 2.29. The Hall–Kier alpha value is 0.420. The minimum absolute atomic E-state index is 0. The van der Waals surface area contributed by atoms with Gasteiger partial charge < -0.3 is 0 Å². The number of hydrogen-bond donors (Lipinski definition) is 2. The molecule has 0 aromatic heterocycles. The van der Waals surface area contributed by atoms with Crippen LogP contribution in [0.4, 0.5) is 0 Å². The van der Waals surface area contributed by atoms with Gasteiger partial charge in [0, 0.05) is 0 Å². The van der Waals surface area contributed by atoms with E-state index < -0.39 is 0 Å². The van der Waals surface area contributed by atoms with E-state index in [-0.39, 0.29) is 22.4 Å². The summed E-state index contributed by atoms with van der Waals surface area (Å²) in [5.41, 5.74) is 0. The fourth-order valence-electron chi connectivity index (χ4n) is 0. The van der Waals surface area contributed by atoms with E-state index in [1.807, 2.05) is 0 Å². The van der Waals surface area contributed by atoms with Crippen molar-refractivity contribution in [2.24, 2.45) is 0 Å². The first-order valence-electron chi connectivity index (χ1n) is 0.894. The summed E-state index contributed by atoms with van der Waals surface area (Å²) in [7, 11) is 0. The Morgan fingerprint density at radius 3 is 1.00 bits per heavy atom. The standard InChI is InChI=1S/2CHNS.Au/c2*2-1-3;/h2*3H;/q;;+1. The summed E-state index contributed by atoms with van der Waals surface area (Å²) in [5, 5.41) is 17.3. The van der Waals surface area contributed by atoms with Crippen LogP contribution in [0.3, 0.4) is 0 Å². The van der Waals surface area contributed by atoms with Gasteiger partial charge in [-0.25, -0.2) is 0 Å². The van der Waals surface area contributed by atoms with Crippen molar-refractivity contribution >= 4 is 25.3 Å². The van der Waals surface area contributed by atoms with E-state index in [0.29, 0.717) is 0 Å². The maximum absolute atomic E-state index is 7.18. The minimum Gasteiger partial charge on any atom is -0.185 e. The van der Waals surface area contributed by atoms with Gasteiger partial charge in [-0.05, 0) is 0 Å². The largest absolute Gasteiger partial charge is 1.00 e. The van der Waals surface area contributed by atoms with Gasteiger partial charge in [0.1, 0.15) is 10.8 Å². The molecular weight excluding hydrogens is 313 g/mol. The second-order valence-electron chi connectivity index (χ2n) is 0.200. The van der Waals surface area contributed by atoms with Gasteiger partial charge in [0.05, 0.1) is 0 Å². The van der Waals surface area contributed by atoms with Crippen LogP contribution in [-0.4, -0.2) is 0 Å². The molecule has 2 nitrogen and oxygen atoms in total. The fraction of sp³-hybridized carbons (Fsp3) is 0. The summed E-state index contributed by atoms with van der Waals surface area (Å²) in [5.74, 6) is 0. The van der Waals surface area contributed by atoms with Crippen LogP contribution in [0.5, 0.6) is 0 Å². The molecule has 7 heavy (non-hydrogen) atoms. The molecule has 0 fully saturated rings. The van der Waals surface area contributed by atoms with Crippen LogP contribution in [0.15, 0.2) is 0 Å². The Labute approximate surface area is 68.8 Å². The molecular formula is C2H2AuN2S2+. The predicted octanol–water partition coefficient (Wildman–Crippen LogP) is 0.792. The molecule has 42 valence electrons. The SMILES string of the molecule is N#CS.N#CS.[Au+]. The molecule has 0 amide bonds. The minimum atomic E-state index is 0. The Morgan fingerprint density at radius 1 is 1.00 bits per heavy atom. The van der Waals surface area contributed by atoms with E-state index in [2.05, 4.69) is 25.3 Å². The topological polar surface area (TPSA) is 47.6 Å². The van der Waals surface area contributed by atoms with Crippen LogP contribution in [0.25, 0.3) is 0 Å². The first kappa shape index (κ1) is 15.7. The molecule has 0 spiro atoms. The first-order valence-corrected chi connectivity index (χ1v) is 1.79. The van der Waals surface area contributed by atoms with E-state index in [9.17, 15) is 0 Å². The van der Waals surface area contributed by atoms with Crippen molar-refractivity contribution in [2.45, 2.75) is 0 Å². The quantitative estimate of drug-likeness (QED) is 0.394. The third-order valence-corrected chi connectivity index (χ3v) is 0. The van der Waals surface area contributed by atoms with Crippen molar-refractivity contribution in [3.63, 3.8) is 0 Å². The van der Waals surface area contributed by atoms with Crippen LogP contribution in [0, 0.1) is 21.3 Å². The third kappa shape index (κ3) is 710. The number of thiocyanates is 2. The Morgan fingerprint density at radius 2 is 1.00 bits per heavy atom. The number of thiol groups is 2. The van der Waals surface area contributed by atoms with Gasteiger partial charge in [-0.2, -0.15) is 10.5 Å². The third-order valence-electron chi connectivity index (χ3n) is 0. The summed E-state index contributed by atoms with van der Waals surface area (Å²) >= 11 is 6.19. The fourth-order valence-corrected chi connectivity index (χ4v) is 0. The van der Waals surface area contributed by atoms with Crippen LogP contribution < -0.4 is 0 Å². The number of hydrogen-bond acceptors (Lipinski definition) is 4. The van der Waals surface area contributed by atoms with Crippen LogP contribution in [-0.2, 0) is 22.4 Å². The molecule has 0 aliphatic heterocycles. The van der Waals surface area contributed by atoms with E-state index in [1.165, 1.54) is 10.8 Å². The number of nitriles is 2. The van der Waals surface area contributed by atoms with Gasteiger partial charge in [0.25, 0.3) is 0 Å². The zero-order valence-electron chi connectivity index (χ0n) is 3.09. The summed E-state index contributed by atoms with van der Waals surface area (Å²) < 4.78 is 0. The smallest absolute Gasteiger partial charge is 0.185 e. The van der Waals surface area contributed by atoms with Gasteiger partial charge >= 0.3 is 22.4 Å². The first-order chi connectivity index (χ1) is 2.83. The van der Waals surface area contributed by atoms with Crippen molar-refractivity contribution in [3.05, 3.63) is 0 Å². The molecule has 0 radical (unpaired) electrons.